The lowest BCUT2D eigenvalue weighted by Gasteiger charge is -2.31. The third-order valence-electron chi connectivity index (χ3n) is 6.32. The fraction of sp³-hybridized carbons (Fsp3) is 0.333. The van der Waals surface area contributed by atoms with Crippen molar-refractivity contribution in [2.24, 2.45) is 0 Å². The summed E-state index contributed by atoms with van der Waals surface area (Å²) in [6.07, 6.45) is 9.12. The lowest BCUT2D eigenvalue weighted by atomic mass is 10.1. The summed E-state index contributed by atoms with van der Waals surface area (Å²) in [5.41, 5.74) is 3.18. The maximum Gasteiger partial charge on any atom is 0.233 e. The Bertz CT molecular complexity index is 1460. The molecule has 0 aliphatic carbocycles. The number of piperidine rings is 1. The lowest BCUT2D eigenvalue weighted by molar-refractivity contribution is 0.145. The van der Waals surface area contributed by atoms with Crippen LogP contribution < -0.4 is 14.5 Å². The molecule has 1 aliphatic rings. The summed E-state index contributed by atoms with van der Waals surface area (Å²) in [6.45, 7) is 1.98. The van der Waals surface area contributed by atoms with E-state index in [2.05, 4.69) is 37.3 Å². The molecule has 188 valence electrons. The molecular formula is C24H28N8O3S. The number of aromatic nitrogens is 5. The van der Waals surface area contributed by atoms with E-state index in [9.17, 15) is 13.5 Å². The number of benzene rings is 1. The van der Waals surface area contributed by atoms with Gasteiger partial charge >= 0.3 is 0 Å². The minimum atomic E-state index is -3.48. The maximum atomic E-state index is 12.1. The van der Waals surface area contributed by atoms with Crippen LogP contribution in [0.2, 0.25) is 0 Å². The fourth-order valence-electron chi connectivity index (χ4n) is 4.22. The summed E-state index contributed by atoms with van der Waals surface area (Å²) in [5.74, 6) is 0.724. The minimum Gasteiger partial charge on any atom is -0.393 e. The second-order valence-electron chi connectivity index (χ2n) is 8.86. The highest BCUT2D eigenvalue weighted by Gasteiger charge is 2.19. The molecule has 0 saturated carbocycles. The number of nitrogens with zero attached hydrogens (tertiary/aromatic N) is 7. The van der Waals surface area contributed by atoms with Gasteiger partial charge in [0.05, 0.1) is 18.9 Å². The van der Waals surface area contributed by atoms with Crippen molar-refractivity contribution in [1.82, 2.24) is 24.5 Å². The van der Waals surface area contributed by atoms with Crippen LogP contribution in [0.3, 0.4) is 0 Å². The predicted molar refractivity (Wildman–Crippen MR) is 139 cm³/mol. The van der Waals surface area contributed by atoms with Crippen LogP contribution in [0, 0.1) is 0 Å². The van der Waals surface area contributed by atoms with E-state index < -0.39 is 10.0 Å². The number of rotatable bonds is 7. The van der Waals surface area contributed by atoms with Crippen molar-refractivity contribution in [3.8, 4) is 0 Å². The van der Waals surface area contributed by atoms with Crippen LogP contribution in [0.15, 0.2) is 55.1 Å². The van der Waals surface area contributed by atoms with Crippen LogP contribution in [0.1, 0.15) is 18.5 Å². The molecule has 4 heterocycles. The Balaban J connectivity index is 1.35. The molecule has 2 N–H and O–H groups in total. The second-order valence-corrected chi connectivity index (χ2v) is 10.9. The van der Waals surface area contributed by atoms with Crippen molar-refractivity contribution in [2.75, 3.05) is 40.9 Å². The molecule has 0 radical (unpaired) electrons. The van der Waals surface area contributed by atoms with Crippen molar-refractivity contribution in [1.29, 1.82) is 0 Å². The number of sulfonamides is 1. The molecule has 1 aromatic carbocycles. The molecule has 36 heavy (non-hydrogen) atoms. The number of nitrogens with one attached hydrogen (secondary N) is 1. The van der Waals surface area contributed by atoms with Gasteiger partial charge in [-0.15, -0.1) is 0 Å². The van der Waals surface area contributed by atoms with Crippen molar-refractivity contribution in [2.45, 2.75) is 25.5 Å². The Morgan fingerprint density at radius 2 is 1.81 bits per heavy atom. The van der Waals surface area contributed by atoms with Gasteiger partial charge in [-0.3, -0.25) is 9.29 Å². The van der Waals surface area contributed by atoms with E-state index in [1.807, 2.05) is 29.0 Å². The van der Waals surface area contributed by atoms with Crippen molar-refractivity contribution >= 4 is 44.2 Å². The van der Waals surface area contributed by atoms with E-state index in [4.69, 9.17) is 4.98 Å². The monoisotopic (exact) mass is 508 g/mol. The first-order valence-electron chi connectivity index (χ1n) is 11.6. The van der Waals surface area contributed by atoms with Crippen molar-refractivity contribution in [3.05, 3.63) is 60.8 Å². The molecule has 0 atom stereocenters. The number of aliphatic hydroxyl groups is 1. The molecule has 5 rings (SSSR count). The normalized spacial score (nSPS) is 14.8. The molecule has 1 saturated heterocycles. The molecular weight excluding hydrogens is 480 g/mol. The van der Waals surface area contributed by atoms with Gasteiger partial charge in [-0.05, 0) is 43.2 Å². The third kappa shape index (κ3) is 5.09. The molecule has 0 spiro atoms. The molecule has 1 fully saturated rings. The van der Waals surface area contributed by atoms with E-state index >= 15 is 0 Å². The van der Waals surface area contributed by atoms with Gasteiger partial charge in [0.15, 0.2) is 5.82 Å². The predicted octanol–water partition coefficient (Wildman–Crippen LogP) is 2.37. The summed E-state index contributed by atoms with van der Waals surface area (Å²) in [6, 6.07) is 9.98. The Hall–Kier alpha value is -3.77. The van der Waals surface area contributed by atoms with Crippen LogP contribution in [0.25, 0.3) is 11.0 Å². The number of aliphatic hydroxyl groups excluding tert-OH is 1. The maximum absolute atomic E-state index is 12.1. The summed E-state index contributed by atoms with van der Waals surface area (Å²) in [7, 11) is -2.02. The van der Waals surface area contributed by atoms with Crippen LogP contribution in [-0.2, 0) is 16.6 Å². The zero-order chi connectivity index (χ0) is 25.3. The number of fused-ring (bicyclic) bond motifs is 1. The van der Waals surface area contributed by atoms with Gasteiger partial charge in [0.2, 0.25) is 16.0 Å². The van der Waals surface area contributed by atoms with E-state index in [1.165, 1.54) is 19.4 Å². The molecule has 3 aromatic heterocycles. The van der Waals surface area contributed by atoms with Crippen molar-refractivity contribution in [3.63, 3.8) is 0 Å². The Morgan fingerprint density at radius 1 is 1.08 bits per heavy atom. The zero-order valence-corrected chi connectivity index (χ0v) is 20.9. The van der Waals surface area contributed by atoms with Gasteiger partial charge in [0.1, 0.15) is 11.3 Å². The zero-order valence-electron chi connectivity index (χ0n) is 20.1. The highest BCUT2D eigenvalue weighted by atomic mass is 32.2. The van der Waals surface area contributed by atoms with Gasteiger partial charge in [-0.25, -0.2) is 18.4 Å². The van der Waals surface area contributed by atoms with Gasteiger partial charge in [-0.2, -0.15) is 4.98 Å². The summed E-state index contributed by atoms with van der Waals surface area (Å²) in [5, 5.41) is 13.8. The Kier molecular flexibility index (Phi) is 6.46. The smallest absolute Gasteiger partial charge is 0.233 e. The molecule has 4 aromatic rings. The SMILES string of the molecule is CN(c1nccnc1Cn1ccc2cnc(Nc3ccc(N4CCC(O)CC4)cc3)nc21)S(C)(=O)=O. The first-order valence-corrected chi connectivity index (χ1v) is 13.5. The van der Waals surface area contributed by atoms with Crippen LogP contribution >= 0.6 is 0 Å². The Morgan fingerprint density at radius 3 is 2.53 bits per heavy atom. The van der Waals surface area contributed by atoms with Gasteiger partial charge in [0.25, 0.3) is 0 Å². The van der Waals surface area contributed by atoms with Crippen LogP contribution in [0.4, 0.5) is 23.1 Å². The van der Waals surface area contributed by atoms with E-state index in [0.29, 0.717) is 23.8 Å². The molecule has 0 unspecified atom stereocenters. The van der Waals surface area contributed by atoms with Crippen molar-refractivity contribution < 1.29 is 13.5 Å². The first-order chi connectivity index (χ1) is 17.3. The average molecular weight is 509 g/mol. The van der Waals surface area contributed by atoms with Gasteiger partial charge < -0.3 is 19.9 Å². The van der Waals surface area contributed by atoms with Crippen LogP contribution in [0.5, 0.6) is 0 Å². The third-order valence-corrected chi connectivity index (χ3v) is 7.49. The molecule has 1 aliphatic heterocycles. The van der Waals surface area contributed by atoms with E-state index in [0.717, 1.165) is 53.3 Å². The molecule has 12 heteroatoms. The minimum absolute atomic E-state index is 0.200. The topological polar surface area (TPSA) is 129 Å². The average Bonchev–Trinajstić information content (AvgIpc) is 3.26. The largest absolute Gasteiger partial charge is 0.393 e. The van der Waals surface area contributed by atoms with Crippen LogP contribution in [-0.4, -0.2) is 70.5 Å². The molecule has 11 nitrogen and oxygen atoms in total. The highest BCUT2D eigenvalue weighted by molar-refractivity contribution is 7.92. The fourth-order valence-corrected chi connectivity index (χ4v) is 4.69. The molecule has 0 amide bonds. The quantitative estimate of drug-likeness (QED) is 0.386. The van der Waals surface area contributed by atoms with Gasteiger partial charge in [0, 0.05) is 61.7 Å². The molecule has 0 bridgehead atoms. The highest BCUT2D eigenvalue weighted by Crippen LogP contribution is 2.25. The summed E-state index contributed by atoms with van der Waals surface area (Å²) < 4.78 is 27.1. The number of anilines is 4. The first kappa shape index (κ1) is 23.9. The summed E-state index contributed by atoms with van der Waals surface area (Å²) >= 11 is 0. The van der Waals surface area contributed by atoms with Gasteiger partial charge in [-0.1, -0.05) is 0 Å². The van der Waals surface area contributed by atoms with E-state index in [-0.39, 0.29) is 11.9 Å². The number of hydrogen-bond acceptors (Lipinski definition) is 9. The standard InChI is InChI=1S/C24H28N8O3S/c1-30(36(2,34)35)23-21(25-10-11-26-23)16-32-12-7-17-15-27-24(29-22(17)32)28-18-3-5-19(6-4-18)31-13-8-20(33)9-14-31/h3-7,10-12,15,20,33H,8-9,13-14,16H2,1-2H3,(H,27,28,29). The lowest BCUT2D eigenvalue weighted by Crippen LogP contribution is -2.35. The summed E-state index contributed by atoms with van der Waals surface area (Å²) in [4.78, 5) is 20.0. The Labute approximate surface area is 209 Å². The van der Waals surface area contributed by atoms with E-state index in [1.54, 1.807) is 6.20 Å². The number of hydrogen-bond donors (Lipinski definition) is 2. The second kappa shape index (κ2) is 9.70.